The van der Waals surface area contributed by atoms with Crippen molar-refractivity contribution < 1.29 is 14.3 Å². The number of fused-ring (bicyclic) bond motifs is 1. The summed E-state index contributed by atoms with van der Waals surface area (Å²) in [5.41, 5.74) is 1.13. The highest BCUT2D eigenvalue weighted by atomic mass is 16.5. The summed E-state index contributed by atoms with van der Waals surface area (Å²) in [6.45, 7) is 0.568. The summed E-state index contributed by atoms with van der Waals surface area (Å²) in [6, 6.07) is 15.7. The van der Waals surface area contributed by atoms with Crippen LogP contribution in [0.4, 0.5) is 0 Å². The topological polar surface area (TPSA) is 47.6 Å². The molecule has 0 aromatic heterocycles. The van der Waals surface area contributed by atoms with Gasteiger partial charge in [0, 0.05) is 17.9 Å². The third-order valence-corrected chi connectivity index (χ3v) is 5.23. The van der Waals surface area contributed by atoms with Crippen molar-refractivity contribution in [1.82, 2.24) is 5.32 Å². The molecule has 0 bridgehead atoms. The average Bonchev–Trinajstić information content (AvgIpc) is 3.10. The first-order valence-electron chi connectivity index (χ1n) is 9.58. The summed E-state index contributed by atoms with van der Waals surface area (Å²) >= 11 is 0. The predicted molar refractivity (Wildman–Crippen MR) is 101 cm³/mol. The second-order valence-corrected chi connectivity index (χ2v) is 7.21. The fourth-order valence-electron chi connectivity index (χ4n) is 3.82. The lowest BCUT2D eigenvalue weighted by Crippen LogP contribution is -2.38. The number of carbonyl (C=O) groups is 1. The Morgan fingerprint density at radius 1 is 1.04 bits per heavy atom. The molecule has 2 aromatic carbocycles. The van der Waals surface area contributed by atoms with E-state index in [0.717, 1.165) is 42.1 Å². The standard InChI is InChI=1S/C22H25NO3/c24-22(16-7-3-1-4-8-16)23-15-20-14-17-13-19(11-12-21(17)26-20)25-18-9-5-2-6-10-18/h2,5-6,9-13,16,20H,1,3-4,7-8,14-15H2,(H,23,24)/t20-/m0/s1. The van der Waals surface area contributed by atoms with Gasteiger partial charge in [-0.1, -0.05) is 37.5 Å². The number of ether oxygens (including phenoxy) is 2. The monoisotopic (exact) mass is 351 g/mol. The molecular weight excluding hydrogens is 326 g/mol. The van der Waals surface area contributed by atoms with Crippen LogP contribution in [0.15, 0.2) is 48.5 Å². The van der Waals surface area contributed by atoms with Crippen molar-refractivity contribution in [3.05, 3.63) is 54.1 Å². The van der Waals surface area contributed by atoms with E-state index in [0.29, 0.717) is 6.54 Å². The maximum Gasteiger partial charge on any atom is 0.223 e. The second kappa shape index (κ2) is 7.81. The first kappa shape index (κ1) is 17.0. The van der Waals surface area contributed by atoms with Crippen LogP contribution in [0.2, 0.25) is 0 Å². The number of para-hydroxylation sites is 1. The minimum atomic E-state index is 0.00418. The number of rotatable bonds is 5. The predicted octanol–water partition coefficient (Wildman–Crippen LogP) is 4.48. The van der Waals surface area contributed by atoms with Crippen molar-refractivity contribution >= 4 is 5.91 Å². The summed E-state index contributed by atoms with van der Waals surface area (Å²) in [6.07, 6.45) is 6.46. The SMILES string of the molecule is O=C(NC[C@@H]1Cc2cc(Oc3ccccc3)ccc2O1)C1CCCCC1. The van der Waals surface area contributed by atoms with Crippen LogP contribution in [0.25, 0.3) is 0 Å². The van der Waals surface area contributed by atoms with E-state index in [1.54, 1.807) is 0 Å². The molecule has 1 heterocycles. The van der Waals surface area contributed by atoms with Crippen LogP contribution in [0.1, 0.15) is 37.7 Å². The van der Waals surface area contributed by atoms with Gasteiger partial charge in [-0.3, -0.25) is 4.79 Å². The molecule has 1 amide bonds. The van der Waals surface area contributed by atoms with E-state index >= 15 is 0 Å². The molecule has 1 aliphatic carbocycles. The van der Waals surface area contributed by atoms with Gasteiger partial charge in [-0.25, -0.2) is 0 Å². The van der Waals surface area contributed by atoms with Gasteiger partial charge in [-0.2, -0.15) is 0 Å². The summed E-state index contributed by atoms with van der Waals surface area (Å²) in [5.74, 6) is 2.91. The molecule has 4 nitrogen and oxygen atoms in total. The zero-order valence-corrected chi connectivity index (χ0v) is 14.9. The maximum absolute atomic E-state index is 12.3. The Kier molecular flexibility index (Phi) is 5.09. The number of amides is 1. The summed E-state index contributed by atoms with van der Waals surface area (Å²) in [4.78, 5) is 12.3. The maximum atomic E-state index is 12.3. The van der Waals surface area contributed by atoms with Crippen LogP contribution in [-0.2, 0) is 11.2 Å². The minimum Gasteiger partial charge on any atom is -0.488 e. The molecule has 2 aliphatic rings. The molecule has 1 fully saturated rings. The van der Waals surface area contributed by atoms with Gasteiger partial charge in [-0.15, -0.1) is 0 Å². The lowest BCUT2D eigenvalue weighted by Gasteiger charge is -2.21. The third-order valence-electron chi connectivity index (χ3n) is 5.23. The summed E-state index contributed by atoms with van der Waals surface area (Å²) < 4.78 is 11.9. The number of nitrogens with one attached hydrogen (secondary N) is 1. The quantitative estimate of drug-likeness (QED) is 0.864. The van der Waals surface area contributed by atoms with E-state index in [1.807, 2.05) is 48.5 Å². The van der Waals surface area contributed by atoms with E-state index in [2.05, 4.69) is 5.32 Å². The molecule has 0 saturated heterocycles. The molecule has 26 heavy (non-hydrogen) atoms. The van der Waals surface area contributed by atoms with Gasteiger partial charge in [0.05, 0.1) is 6.54 Å². The zero-order chi connectivity index (χ0) is 17.8. The average molecular weight is 351 g/mol. The van der Waals surface area contributed by atoms with Gasteiger partial charge in [0.15, 0.2) is 0 Å². The van der Waals surface area contributed by atoms with Gasteiger partial charge >= 0.3 is 0 Å². The van der Waals surface area contributed by atoms with Crippen LogP contribution in [0.3, 0.4) is 0 Å². The van der Waals surface area contributed by atoms with Gasteiger partial charge in [0.2, 0.25) is 5.91 Å². The fourth-order valence-corrected chi connectivity index (χ4v) is 3.82. The number of benzene rings is 2. The molecule has 4 heteroatoms. The highest BCUT2D eigenvalue weighted by molar-refractivity contribution is 5.78. The van der Waals surface area contributed by atoms with E-state index in [1.165, 1.54) is 19.3 Å². The van der Waals surface area contributed by atoms with Crippen LogP contribution < -0.4 is 14.8 Å². The van der Waals surface area contributed by atoms with Crippen molar-refractivity contribution in [2.24, 2.45) is 5.92 Å². The Morgan fingerprint density at radius 3 is 2.65 bits per heavy atom. The van der Waals surface area contributed by atoms with Crippen molar-refractivity contribution in [3.8, 4) is 17.2 Å². The molecule has 1 aliphatic heterocycles. The first-order chi connectivity index (χ1) is 12.8. The summed E-state index contributed by atoms with van der Waals surface area (Å²) in [7, 11) is 0. The normalized spacial score (nSPS) is 19.5. The van der Waals surface area contributed by atoms with Gasteiger partial charge in [0.25, 0.3) is 0 Å². The largest absolute Gasteiger partial charge is 0.488 e. The molecule has 1 atom stereocenters. The third kappa shape index (κ3) is 4.01. The van der Waals surface area contributed by atoms with Crippen molar-refractivity contribution in [1.29, 1.82) is 0 Å². The van der Waals surface area contributed by atoms with Crippen LogP contribution in [0, 0.1) is 5.92 Å². The Bertz CT molecular complexity index is 753. The first-order valence-corrected chi connectivity index (χ1v) is 9.58. The molecule has 0 spiro atoms. The van der Waals surface area contributed by atoms with Crippen LogP contribution in [0.5, 0.6) is 17.2 Å². The van der Waals surface area contributed by atoms with Crippen molar-refractivity contribution in [3.63, 3.8) is 0 Å². The highest BCUT2D eigenvalue weighted by Crippen LogP contribution is 2.33. The Balaban J connectivity index is 1.31. The minimum absolute atomic E-state index is 0.00418. The Labute approximate surface area is 154 Å². The molecule has 0 unspecified atom stereocenters. The van der Waals surface area contributed by atoms with Gasteiger partial charge in [-0.05, 0) is 43.2 Å². The molecule has 4 rings (SSSR count). The molecule has 136 valence electrons. The summed E-state index contributed by atoms with van der Waals surface area (Å²) in [5, 5.41) is 3.09. The molecular formula is C22H25NO3. The van der Waals surface area contributed by atoms with Crippen LogP contribution >= 0.6 is 0 Å². The van der Waals surface area contributed by atoms with Crippen molar-refractivity contribution in [2.45, 2.75) is 44.6 Å². The Hall–Kier alpha value is -2.49. The Morgan fingerprint density at radius 2 is 1.85 bits per heavy atom. The number of carbonyl (C=O) groups excluding carboxylic acids is 1. The smallest absolute Gasteiger partial charge is 0.223 e. The molecule has 1 saturated carbocycles. The molecule has 0 radical (unpaired) electrons. The molecule has 1 N–H and O–H groups in total. The van der Waals surface area contributed by atoms with Gasteiger partial charge in [0.1, 0.15) is 23.4 Å². The molecule has 2 aromatic rings. The highest BCUT2D eigenvalue weighted by Gasteiger charge is 2.26. The van der Waals surface area contributed by atoms with Crippen LogP contribution in [-0.4, -0.2) is 18.6 Å². The van der Waals surface area contributed by atoms with Crippen molar-refractivity contribution in [2.75, 3.05) is 6.54 Å². The number of hydrogen-bond acceptors (Lipinski definition) is 3. The van der Waals surface area contributed by atoms with E-state index in [-0.39, 0.29) is 17.9 Å². The van der Waals surface area contributed by atoms with E-state index in [9.17, 15) is 4.79 Å². The number of hydrogen-bond donors (Lipinski definition) is 1. The lowest BCUT2D eigenvalue weighted by atomic mass is 9.88. The second-order valence-electron chi connectivity index (χ2n) is 7.21. The van der Waals surface area contributed by atoms with Gasteiger partial charge < -0.3 is 14.8 Å². The van der Waals surface area contributed by atoms with E-state index in [4.69, 9.17) is 9.47 Å². The lowest BCUT2D eigenvalue weighted by molar-refractivity contribution is -0.126. The van der Waals surface area contributed by atoms with E-state index < -0.39 is 0 Å². The fraction of sp³-hybridized carbons (Fsp3) is 0.409. The zero-order valence-electron chi connectivity index (χ0n) is 14.9.